The minimum Gasteiger partial charge on any atom is -0.481 e. The number of hydrogen-bond donors (Lipinski definition) is 2. The molecule has 1 aromatic rings. The lowest BCUT2D eigenvalue weighted by molar-refractivity contribution is -0.388. The van der Waals surface area contributed by atoms with Gasteiger partial charge >= 0.3 is 11.8 Å². The number of imidazole rings is 1. The van der Waals surface area contributed by atoms with Gasteiger partial charge in [-0.25, -0.2) is 0 Å². The Labute approximate surface area is 90.8 Å². The number of nitro groups is 1. The smallest absolute Gasteiger partial charge is 0.406 e. The highest BCUT2D eigenvalue weighted by Crippen LogP contribution is 2.21. The summed E-state index contributed by atoms with van der Waals surface area (Å²) in [6.45, 7) is 1.90. The van der Waals surface area contributed by atoms with E-state index >= 15 is 0 Å². The normalized spacial score (nSPS) is 10.3. The van der Waals surface area contributed by atoms with Gasteiger partial charge in [0.05, 0.1) is 0 Å². The lowest BCUT2D eigenvalue weighted by atomic mass is 10.3. The molecule has 88 valence electrons. The molecule has 0 aromatic carbocycles. The van der Waals surface area contributed by atoms with Crippen LogP contribution in [0, 0.1) is 17.0 Å². The predicted molar refractivity (Wildman–Crippen MR) is 54.9 cm³/mol. The first-order valence-corrected chi connectivity index (χ1v) is 4.62. The molecule has 0 fully saturated rings. The second-order valence-corrected chi connectivity index (χ2v) is 3.27. The molecule has 0 saturated carbocycles. The van der Waals surface area contributed by atoms with Crippen LogP contribution in [0.4, 0.5) is 11.6 Å². The maximum absolute atomic E-state index is 10.5. The third-order valence-electron chi connectivity index (χ3n) is 2.12. The Bertz CT molecular complexity index is 426. The van der Waals surface area contributed by atoms with Crippen molar-refractivity contribution < 1.29 is 14.8 Å². The van der Waals surface area contributed by atoms with Crippen molar-refractivity contribution in [2.24, 2.45) is 0 Å². The van der Waals surface area contributed by atoms with Crippen molar-refractivity contribution in [2.45, 2.75) is 26.3 Å². The predicted octanol–water partition coefficient (Wildman–Crippen LogP) is 0.547. The molecular formula is C8H12N4O4. The van der Waals surface area contributed by atoms with E-state index in [9.17, 15) is 14.9 Å². The van der Waals surface area contributed by atoms with Crippen LogP contribution in [-0.2, 0) is 11.3 Å². The van der Waals surface area contributed by atoms with Crippen molar-refractivity contribution in [3.63, 3.8) is 0 Å². The van der Waals surface area contributed by atoms with Gasteiger partial charge in [0.1, 0.15) is 0 Å². The third kappa shape index (κ3) is 2.47. The van der Waals surface area contributed by atoms with E-state index in [-0.39, 0.29) is 18.1 Å². The minimum absolute atomic E-state index is 0.00907. The van der Waals surface area contributed by atoms with Crippen molar-refractivity contribution in [1.29, 1.82) is 0 Å². The van der Waals surface area contributed by atoms with Gasteiger partial charge in [0.15, 0.2) is 0 Å². The van der Waals surface area contributed by atoms with Gasteiger partial charge in [0.2, 0.25) is 11.6 Å². The first-order valence-electron chi connectivity index (χ1n) is 4.62. The molecule has 0 amide bonds. The number of carboxylic acid groups (broad SMARTS) is 1. The van der Waals surface area contributed by atoms with Crippen LogP contribution >= 0.6 is 0 Å². The molecule has 1 aromatic heterocycles. The molecule has 0 aliphatic heterocycles. The molecule has 8 nitrogen and oxygen atoms in total. The van der Waals surface area contributed by atoms with Crippen LogP contribution in [0.3, 0.4) is 0 Å². The Hall–Kier alpha value is -2.12. The third-order valence-corrected chi connectivity index (χ3v) is 2.12. The maximum atomic E-state index is 10.5. The molecular weight excluding hydrogens is 216 g/mol. The van der Waals surface area contributed by atoms with E-state index in [2.05, 4.69) is 4.98 Å². The molecule has 0 radical (unpaired) electrons. The summed E-state index contributed by atoms with van der Waals surface area (Å²) >= 11 is 0. The number of aryl methyl sites for hydroxylation is 1. The van der Waals surface area contributed by atoms with Gasteiger partial charge in [-0.2, -0.15) is 0 Å². The molecule has 0 spiro atoms. The summed E-state index contributed by atoms with van der Waals surface area (Å²) in [5, 5.41) is 19.0. The maximum Gasteiger partial charge on any atom is 0.406 e. The number of aliphatic carboxylic acids is 1. The topological polar surface area (TPSA) is 124 Å². The van der Waals surface area contributed by atoms with Gasteiger partial charge in [-0.1, -0.05) is 0 Å². The number of carbonyl (C=O) groups is 1. The van der Waals surface area contributed by atoms with Crippen LogP contribution in [0.2, 0.25) is 0 Å². The van der Waals surface area contributed by atoms with E-state index < -0.39 is 10.9 Å². The second-order valence-electron chi connectivity index (χ2n) is 3.27. The quantitative estimate of drug-likeness (QED) is 0.560. The van der Waals surface area contributed by atoms with Crippen molar-refractivity contribution in [3.8, 4) is 0 Å². The summed E-state index contributed by atoms with van der Waals surface area (Å²) in [7, 11) is 0. The molecule has 1 heterocycles. The number of hydrogen-bond acceptors (Lipinski definition) is 5. The van der Waals surface area contributed by atoms with Gasteiger partial charge in [0.25, 0.3) is 0 Å². The summed E-state index contributed by atoms with van der Waals surface area (Å²) in [6, 6.07) is 0. The number of aromatic nitrogens is 2. The molecule has 3 N–H and O–H groups in total. The van der Waals surface area contributed by atoms with E-state index in [0.29, 0.717) is 18.8 Å². The Morgan fingerprint density at radius 3 is 2.75 bits per heavy atom. The number of rotatable bonds is 5. The molecule has 0 unspecified atom stereocenters. The number of nitrogens with zero attached hydrogens (tertiary/aromatic N) is 3. The first kappa shape index (κ1) is 12.0. The van der Waals surface area contributed by atoms with E-state index in [0.717, 1.165) is 0 Å². The number of nitrogen functional groups attached to an aromatic ring is 1. The van der Waals surface area contributed by atoms with E-state index in [1.54, 1.807) is 6.92 Å². The van der Waals surface area contributed by atoms with Gasteiger partial charge in [-0.05, 0) is 16.3 Å². The fraction of sp³-hybridized carbons (Fsp3) is 0.500. The summed E-state index contributed by atoms with van der Waals surface area (Å²) in [4.78, 5) is 23.9. The molecule has 0 aliphatic rings. The molecule has 16 heavy (non-hydrogen) atoms. The Morgan fingerprint density at radius 1 is 1.69 bits per heavy atom. The number of carboxylic acids is 1. The zero-order chi connectivity index (χ0) is 12.3. The van der Waals surface area contributed by atoms with E-state index in [1.165, 1.54) is 4.57 Å². The molecule has 0 atom stereocenters. The van der Waals surface area contributed by atoms with Crippen molar-refractivity contribution in [3.05, 3.63) is 15.9 Å². The minimum atomic E-state index is -0.911. The van der Waals surface area contributed by atoms with Gasteiger partial charge in [-0.3, -0.25) is 9.36 Å². The van der Waals surface area contributed by atoms with Gasteiger partial charge in [0, 0.05) is 19.9 Å². The van der Waals surface area contributed by atoms with Crippen LogP contribution in [0.1, 0.15) is 18.7 Å². The largest absolute Gasteiger partial charge is 0.481 e. The van der Waals surface area contributed by atoms with Gasteiger partial charge in [-0.15, -0.1) is 0 Å². The first-order chi connectivity index (χ1) is 7.43. The fourth-order valence-electron chi connectivity index (χ4n) is 1.37. The number of anilines is 1. The summed E-state index contributed by atoms with van der Waals surface area (Å²) in [5.41, 5.74) is 5.53. The van der Waals surface area contributed by atoms with Crippen LogP contribution in [0.25, 0.3) is 0 Å². The Balaban J connectivity index is 2.80. The second kappa shape index (κ2) is 4.60. The molecule has 1 rings (SSSR count). The summed E-state index contributed by atoms with van der Waals surface area (Å²) in [6.07, 6.45) is 0.346. The van der Waals surface area contributed by atoms with Crippen molar-refractivity contribution in [2.75, 3.05) is 5.73 Å². The lowest BCUT2D eigenvalue weighted by Crippen LogP contribution is -2.07. The highest BCUT2D eigenvalue weighted by Gasteiger charge is 2.22. The van der Waals surface area contributed by atoms with Crippen LogP contribution in [-0.4, -0.2) is 25.6 Å². The monoisotopic (exact) mass is 228 g/mol. The fourth-order valence-corrected chi connectivity index (χ4v) is 1.37. The van der Waals surface area contributed by atoms with Crippen LogP contribution in [0.15, 0.2) is 0 Å². The van der Waals surface area contributed by atoms with E-state index in [1.807, 2.05) is 0 Å². The van der Waals surface area contributed by atoms with E-state index in [4.69, 9.17) is 10.8 Å². The number of nitrogens with two attached hydrogens (primary N) is 1. The lowest BCUT2D eigenvalue weighted by Gasteiger charge is -2.02. The van der Waals surface area contributed by atoms with Crippen molar-refractivity contribution in [1.82, 2.24) is 9.55 Å². The Morgan fingerprint density at radius 2 is 2.31 bits per heavy atom. The van der Waals surface area contributed by atoms with Gasteiger partial charge < -0.3 is 21.0 Å². The highest BCUT2D eigenvalue weighted by molar-refractivity contribution is 5.66. The average Bonchev–Trinajstić information content (AvgIpc) is 2.44. The molecule has 8 heteroatoms. The standard InChI is InChI=1S/C8H12N4O4/c1-5-10-8(12(15)16)7(9)11(5)4-2-3-6(13)14/h2-4,9H2,1H3,(H,13,14). The average molecular weight is 228 g/mol. The van der Waals surface area contributed by atoms with Crippen LogP contribution in [0.5, 0.6) is 0 Å². The zero-order valence-electron chi connectivity index (χ0n) is 8.71. The summed E-state index contributed by atoms with van der Waals surface area (Å²) in [5.74, 6) is -0.916. The molecule has 0 aliphatic carbocycles. The molecule has 0 bridgehead atoms. The molecule has 0 saturated heterocycles. The Kier molecular flexibility index (Phi) is 3.44. The van der Waals surface area contributed by atoms with Crippen LogP contribution < -0.4 is 5.73 Å². The SMILES string of the molecule is Cc1nc([N+](=O)[O-])c(N)n1CCCC(=O)O. The summed E-state index contributed by atoms with van der Waals surface area (Å²) < 4.78 is 1.45. The van der Waals surface area contributed by atoms with Crippen molar-refractivity contribution >= 4 is 17.6 Å². The highest BCUT2D eigenvalue weighted by atomic mass is 16.6. The zero-order valence-corrected chi connectivity index (χ0v) is 8.71.